The first-order valence-corrected chi connectivity index (χ1v) is 8.86. The van der Waals surface area contributed by atoms with Crippen LogP contribution < -0.4 is 10.6 Å². The zero-order valence-corrected chi connectivity index (χ0v) is 15.4. The smallest absolute Gasteiger partial charge is 0.352 e. The number of fused-ring (bicyclic) bond motifs is 1. The summed E-state index contributed by atoms with van der Waals surface area (Å²) in [5, 5.41) is 19.4. The van der Waals surface area contributed by atoms with E-state index in [1.165, 1.54) is 29.1 Å². The Morgan fingerprint density at radius 1 is 1.17 bits per heavy atom. The number of carbonyl (C=O) groups excluding carboxylic acids is 1. The van der Waals surface area contributed by atoms with E-state index in [0.29, 0.717) is 11.3 Å². The molecule has 29 heavy (non-hydrogen) atoms. The SMILES string of the molecule is Cc1ccccc1NC(=O)c1cnn2c1NC(C(=O)O)=C[C@@H]2c1ccc(F)cc1. The lowest BCUT2D eigenvalue weighted by Gasteiger charge is -2.24. The van der Waals surface area contributed by atoms with Crippen LogP contribution in [0.4, 0.5) is 15.9 Å². The van der Waals surface area contributed by atoms with E-state index in [0.717, 1.165) is 5.56 Å². The minimum Gasteiger partial charge on any atom is -0.477 e. The van der Waals surface area contributed by atoms with Gasteiger partial charge in [0, 0.05) is 5.69 Å². The number of hydrogen-bond acceptors (Lipinski definition) is 4. The number of allylic oxidation sites excluding steroid dienone is 1. The molecule has 4 rings (SSSR count). The first-order valence-electron chi connectivity index (χ1n) is 8.86. The van der Waals surface area contributed by atoms with Crippen molar-refractivity contribution in [2.75, 3.05) is 10.6 Å². The molecule has 1 amide bonds. The molecule has 8 heteroatoms. The molecule has 3 aromatic rings. The average Bonchev–Trinajstić information content (AvgIpc) is 3.14. The summed E-state index contributed by atoms with van der Waals surface area (Å²) in [6.07, 6.45) is 2.85. The fraction of sp³-hybridized carbons (Fsp3) is 0.0952. The normalized spacial score (nSPS) is 15.1. The molecular weight excluding hydrogens is 375 g/mol. The number of carboxylic acids is 1. The van der Waals surface area contributed by atoms with Gasteiger partial charge in [-0.1, -0.05) is 30.3 Å². The number of para-hydroxylation sites is 1. The van der Waals surface area contributed by atoms with E-state index in [1.807, 2.05) is 25.1 Å². The van der Waals surface area contributed by atoms with E-state index < -0.39 is 23.7 Å². The molecular formula is C21H17FN4O3. The summed E-state index contributed by atoms with van der Waals surface area (Å²) in [5.41, 5.74) is 2.30. The summed E-state index contributed by atoms with van der Waals surface area (Å²) in [6, 6.07) is 12.4. The predicted octanol–water partition coefficient (Wildman–Crippen LogP) is 3.57. The van der Waals surface area contributed by atoms with Crippen LogP contribution in [-0.2, 0) is 4.79 Å². The van der Waals surface area contributed by atoms with E-state index in [1.54, 1.807) is 18.2 Å². The van der Waals surface area contributed by atoms with Crippen molar-refractivity contribution in [1.29, 1.82) is 0 Å². The number of nitrogens with one attached hydrogen (secondary N) is 2. The fourth-order valence-electron chi connectivity index (χ4n) is 3.19. The van der Waals surface area contributed by atoms with Gasteiger partial charge in [-0.2, -0.15) is 5.10 Å². The van der Waals surface area contributed by atoms with Crippen LogP contribution in [0.25, 0.3) is 0 Å². The molecule has 0 bridgehead atoms. The average molecular weight is 392 g/mol. The summed E-state index contributed by atoms with van der Waals surface area (Å²) in [7, 11) is 0. The molecule has 3 N–H and O–H groups in total. The molecule has 0 fully saturated rings. The molecule has 1 aliphatic heterocycles. The molecule has 2 heterocycles. The van der Waals surface area contributed by atoms with Crippen LogP contribution >= 0.6 is 0 Å². The summed E-state index contributed by atoms with van der Waals surface area (Å²) < 4.78 is 14.8. The molecule has 0 saturated carbocycles. The number of halogens is 1. The van der Waals surface area contributed by atoms with Gasteiger partial charge in [0.05, 0.1) is 12.2 Å². The van der Waals surface area contributed by atoms with Crippen LogP contribution in [0.15, 0.2) is 66.5 Å². The maximum Gasteiger partial charge on any atom is 0.352 e. The monoisotopic (exact) mass is 392 g/mol. The van der Waals surface area contributed by atoms with Crippen molar-refractivity contribution in [3.05, 3.63) is 89.0 Å². The molecule has 0 radical (unpaired) electrons. The van der Waals surface area contributed by atoms with Crippen molar-refractivity contribution >= 4 is 23.4 Å². The maximum absolute atomic E-state index is 13.3. The number of aryl methyl sites for hydroxylation is 1. The lowest BCUT2D eigenvalue weighted by Crippen LogP contribution is -2.25. The third-order valence-corrected chi connectivity index (χ3v) is 4.72. The Bertz CT molecular complexity index is 1140. The number of carbonyl (C=O) groups is 2. The van der Waals surface area contributed by atoms with Gasteiger partial charge in [-0.05, 0) is 42.3 Å². The Hall–Kier alpha value is -3.94. The highest BCUT2D eigenvalue weighted by Gasteiger charge is 2.29. The van der Waals surface area contributed by atoms with Crippen molar-refractivity contribution in [2.45, 2.75) is 13.0 Å². The van der Waals surface area contributed by atoms with Crippen molar-refractivity contribution in [1.82, 2.24) is 9.78 Å². The molecule has 0 saturated heterocycles. The second kappa shape index (κ2) is 7.23. The first-order chi connectivity index (χ1) is 13.9. The second-order valence-corrected chi connectivity index (χ2v) is 6.63. The fourth-order valence-corrected chi connectivity index (χ4v) is 3.19. The third kappa shape index (κ3) is 3.47. The Morgan fingerprint density at radius 3 is 2.59 bits per heavy atom. The lowest BCUT2D eigenvalue weighted by atomic mass is 10.0. The van der Waals surface area contributed by atoms with Crippen LogP contribution in [0.2, 0.25) is 0 Å². The maximum atomic E-state index is 13.3. The number of anilines is 2. The molecule has 1 aliphatic rings. The molecule has 146 valence electrons. The van der Waals surface area contributed by atoms with Crippen molar-refractivity contribution in [3.63, 3.8) is 0 Å². The number of rotatable bonds is 4. The van der Waals surface area contributed by atoms with Gasteiger partial charge < -0.3 is 15.7 Å². The highest BCUT2D eigenvalue weighted by Crippen LogP contribution is 2.32. The van der Waals surface area contributed by atoms with E-state index >= 15 is 0 Å². The number of nitrogens with zero attached hydrogens (tertiary/aromatic N) is 2. The second-order valence-electron chi connectivity index (χ2n) is 6.63. The highest BCUT2D eigenvalue weighted by molar-refractivity contribution is 6.08. The molecule has 0 unspecified atom stereocenters. The van der Waals surface area contributed by atoms with Crippen LogP contribution in [0, 0.1) is 12.7 Å². The Kier molecular flexibility index (Phi) is 4.59. The zero-order valence-electron chi connectivity index (χ0n) is 15.4. The molecule has 0 aliphatic carbocycles. The van der Waals surface area contributed by atoms with Gasteiger partial charge in [0.15, 0.2) is 0 Å². The van der Waals surface area contributed by atoms with E-state index in [2.05, 4.69) is 15.7 Å². The van der Waals surface area contributed by atoms with Crippen LogP contribution in [0.1, 0.15) is 27.5 Å². The van der Waals surface area contributed by atoms with E-state index in [-0.39, 0.29) is 17.1 Å². The predicted molar refractivity (Wildman–Crippen MR) is 105 cm³/mol. The van der Waals surface area contributed by atoms with Crippen molar-refractivity contribution < 1.29 is 19.1 Å². The summed E-state index contributed by atoms with van der Waals surface area (Å²) in [5.74, 6) is -1.73. The topological polar surface area (TPSA) is 96.3 Å². The third-order valence-electron chi connectivity index (χ3n) is 4.72. The van der Waals surface area contributed by atoms with Crippen molar-refractivity contribution in [2.24, 2.45) is 0 Å². The van der Waals surface area contributed by atoms with Gasteiger partial charge in [0.25, 0.3) is 5.91 Å². The molecule has 1 aromatic heterocycles. The number of carboxylic acid groups (broad SMARTS) is 1. The Labute approximate surface area is 165 Å². The van der Waals surface area contributed by atoms with Gasteiger partial charge >= 0.3 is 5.97 Å². The van der Waals surface area contributed by atoms with Crippen molar-refractivity contribution in [3.8, 4) is 0 Å². The molecule has 2 aromatic carbocycles. The van der Waals surface area contributed by atoms with Gasteiger partial charge in [-0.3, -0.25) is 4.79 Å². The van der Waals surface area contributed by atoms with Gasteiger partial charge in [-0.25, -0.2) is 13.9 Å². The van der Waals surface area contributed by atoms with E-state index in [9.17, 15) is 19.1 Å². The summed E-state index contributed by atoms with van der Waals surface area (Å²) in [4.78, 5) is 24.5. The number of hydrogen-bond donors (Lipinski definition) is 3. The summed E-state index contributed by atoms with van der Waals surface area (Å²) >= 11 is 0. The van der Waals surface area contributed by atoms with Crippen LogP contribution in [0.3, 0.4) is 0 Å². The number of aliphatic carboxylic acids is 1. The standard InChI is InChI=1S/C21H17FN4O3/c1-12-4-2-3-5-16(12)25-20(27)15-11-23-26-18(13-6-8-14(22)9-7-13)10-17(21(28)29)24-19(15)26/h2-11,18,24H,1H3,(H,25,27)(H,28,29)/t18-/m1/s1. The molecule has 0 spiro atoms. The zero-order chi connectivity index (χ0) is 20.5. The Balaban J connectivity index is 1.73. The number of amides is 1. The quantitative estimate of drug-likeness (QED) is 0.631. The Morgan fingerprint density at radius 2 is 1.90 bits per heavy atom. The molecule has 7 nitrogen and oxygen atoms in total. The summed E-state index contributed by atoms with van der Waals surface area (Å²) in [6.45, 7) is 1.87. The van der Waals surface area contributed by atoms with Gasteiger partial charge in [0.2, 0.25) is 0 Å². The number of aromatic nitrogens is 2. The molecule has 1 atom stereocenters. The first kappa shape index (κ1) is 18.4. The minimum atomic E-state index is -1.17. The lowest BCUT2D eigenvalue weighted by molar-refractivity contribution is -0.132. The van der Waals surface area contributed by atoms with E-state index in [4.69, 9.17) is 0 Å². The largest absolute Gasteiger partial charge is 0.477 e. The minimum absolute atomic E-state index is 0.0859. The van der Waals surface area contributed by atoms with Crippen LogP contribution in [0.5, 0.6) is 0 Å². The van der Waals surface area contributed by atoms with Gasteiger partial charge in [-0.15, -0.1) is 0 Å². The highest BCUT2D eigenvalue weighted by atomic mass is 19.1. The number of benzene rings is 2. The van der Waals surface area contributed by atoms with Crippen LogP contribution in [-0.4, -0.2) is 26.8 Å². The van der Waals surface area contributed by atoms with Gasteiger partial charge in [0.1, 0.15) is 22.9 Å².